The van der Waals surface area contributed by atoms with Gasteiger partial charge in [0, 0.05) is 0 Å². The Balaban J connectivity index is 1.70. The van der Waals surface area contributed by atoms with Gasteiger partial charge >= 0.3 is 5.97 Å². The maximum absolute atomic E-state index is 13.7. The third kappa shape index (κ3) is 4.01. The third-order valence-corrected chi connectivity index (χ3v) is 6.98. The minimum Gasteiger partial charge on any atom is -0.497 e. The molecular weight excluding hydrogens is 468 g/mol. The fourth-order valence-electron chi connectivity index (χ4n) is 4.25. The number of aryl methyl sites for hydroxylation is 1. The minimum atomic E-state index is -0.670. The van der Waals surface area contributed by atoms with Gasteiger partial charge in [-0.3, -0.25) is 9.36 Å². The highest BCUT2D eigenvalue weighted by atomic mass is 32.1. The number of hydrogen-bond donors (Lipinski definition) is 0. The van der Waals surface area contributed by atoms with Crippen LogP contribution < -0.4 is 29.1 Å². The van der Waals surface area contributed by atoms with Crippen molar-refractivity contribution in [1.82, 2.24) is 4.57 Å². The number of esters is 1. The van der Waals surface area contributed by atoms with E-state index >= 15 is 0 Å². The molecule has 9 heteroatoms. The number of thiazole rings is 1. The summed E-state index contributed by atoms with van der Waals surface area (Å²) >= 11 is 1.28. The van der Waals surface area contributed by atoms with Crippen molar-refractivity contribution in [1.29, 1.82) is 0 Å². The van der Waals surface area contributed by atoms with Crippen molar-refractivity contribution in [3.63, 3.8) is 0 Å². The van der Waals surface area contributed by atoms with Crippen molar-refractivity contribution < 1.29 is 23.7 Å². The number of hydrogen-bond acceptors (Lipinski definition) is 8. The van der Waals surface area contributed by atoms with Gasteiger partial charge < -0.3 is 18.9 Å². The molecule has 3 aromatic rings. The standard InChI is InChI=1S/C26H24N2O6S/c1-5-32-25(30)22-15(3)27-26-28(23(22)16-6-8-18(31-4)9-7-16)24(29)21(35-26)12-17-11-20-19(10-14(17)2)33-13-34-20/h6-12,23H,5,13H2,1-4H3/t23-/m1/s1. The molecule has 0 amide bonds. The minimum absolute atomic E-state index is 0.179. The van der Waals surface area contributed by atoms with Gasteiger partial charge in [-0.2, -0.15) is 0 Å². The summed E-state index contributed by atoms with van der Waals surface area (Å²) in [5, 5.41) is 0. The Labute approximate surface area is 205 Å². The molecule has 8 nitrogen and oxygen atoms in total. The summed E-state index contributed by atoms with van der Waals surface area (Å²) in [5.74, 6) is 1.52. The lowest BCUT2D eigenvalue weighted by Crippen LogP contribution is -2.39. The Bertz CT molecular complexity index is 1530. The molecule has 0 aliphatic carbocycles. The van der Waals surface area contributed by atoms with Crippen LogP contribution in [0.3, 0.4) is 0 Å². The fraction of sp³-hybridized carbons (Fsp3) is 0.269. The number of rotatable bonds is 5. The van der Waals surface area contributed by atoms with Gasteiger partial charge in [0.1, 0.15) is 5.75 Å². The molecule has 0 N–H and O–H groups in total. The number of ether oxygens (including phenoxy) is 4. The fourth-order valence-corrected chi connectivity index (χ4v) is 5.29. The number of allylic oxidation sites excluding steroid dienone is 1. The van der Waals surface area contributed by atoms with E-state index in [9.17, 15) is 9.59 Å². The van der Waals surface area contributed by atoms with Gasteiger partial charge in [0.15, 0.2) is 16.3 Å². The summed E-state index contributed by atoms with van der Waals surface area (Å²) in [6.45, 7) is 5.87. The van der Waals surface area contributed by atoms with Crippen LogP contribution in [0.5, 0.6) is 17.2 Å². The molecule has 2 aliphatic heterocycles. The van der Waals surface area contributed by atoms with Crippen molar-refractivity contribution in [3.05, 3.63) is 84.0 Å². The second kappa shape index (κ2) is 9.07. The number of methoxy groups -OCH3 is 1. The van der Waals surface area contributed by atoms with E-state index in [4.69, 9.17) is 18.9 Å². The average Bonchev–Trinajstić information content (AvgIpc) is 3.42. The molecule has 0 fully saturated rings. The SMILES string of the molecule is CCOC(=O)C1=C(C)N=c2sc(=Cc3cc4c(cc3C)OCO4)c(=O)n2[C@@H]1c1ccc(OC)cc1. The lowest BCUT2D eigenvalue weighted by molar-refractivity contribution is -0.139. The zero-order valence-electron chi connectivity index (χ0n) is 19.8. The molecule has 0 unspecified atom stereocenters. The summed E-state index contributed by atoms with van der Waals surface area (Å²) in [4.78, 5) is 31.8. The lowest BCUT2D eigenvalue weighted by Gasteiger charge is -2.24. The van der Waals surface area contributed by atoms with E-state index in [2.05, 4.69) is 4.99 Å². The summed E-state index contributed by atoms with van der Waals surface area (Å²) in [7, 11) is 1.59. The van der Waals surface area contributed by atoms with Gasteiger partial charge in [0.25, 0.3) is 5.56 Å². The maximum Gasteiger partial charge on any atom is 0.338 e. The average molecular weight is 493 g/mol. The van der Waals surface area contributed by atoms with Gasteiger partial charge in [-0.15, -0.1) is 0 Å². The van der Waals surface area contributed by atoms with Gasteiger partial charge in [-0.05, 0) is 67.8 Å². The van der Waals surface area contributed by atoms with E-state index in [1.54, 1.807) is 37.7 Å². The van der Waals surface area contributed by atoms with Crippen molar-refractivity contribution in [3.8, 4) is 17.2 Å². The number of nitrogens with zero attached hydrogens (tertiary/aromatic N) is 2. The zero-order valence-corrected chi connectivity index (χ0v) is 20.6. The summed E-state index contributed by atoms with van der Waals surface area (Å²) in [6, 6.07) is 10.4. The van der Waals surface area contributed by atoms with Crippen molar-refractivity contribution in [2.24, 2.45) is 4.99 Å². The molecule has 3 heterocycles. The van der Waals surface area contributed by atoms with Crippen LogP contribution in [0, 0.1) is 6.92 Å². The second-order valence-electron chi connectivity index (χ2n) is 8.14. The highest BCUT2D eigenvalue weighted by molar-refractivity contribution is 7.07. The highest BCUT2D eigenvalue weighted by Gasteiger charge is 2.33. The smallest absolute Gasteiger partial charge is 0.338 e. The van der Waals surface area contributed by atoms with Crippen LogP contribution >= 0.6 is 11.3 Å². The molecule has 0 radical (unpaired) electrons. The first kappa shape index (κ1) is 22.9. The Morgan fingerprint density at radius 3 is 2.60 bits per heavy atom. The summed E-state index contributed by atoms with van der Waals surface area (Å²) in [5.41, 5.74) is 3.19. The number of benzene rings is 2. The molecule has 2 aliphatic rings. The molecule has 0 bridgehead atoms. The Morgan fingerprint density at radius 1 is 1.20 bits per heavy atom. The molecule has 5 rings (SSSR count). The van der Waals surface area contributed by atoms with E-state index in [0.717, 1.165) is 16.7 Å². The van der Waals surface area contributed by atoms with Gasteiger partial charge in [-0.25, -0.2) is 9.79 Å². The van der Waals surface area contributed by atoms with Crippen LogP contribution in [-0.2, 0) is 9.53 Å². The molecule has 0 saturated heterocycles. The van der Waals surface area contributed by atoms with Crippen LogP contribution in [-0.4, -0.2) is 31.0 Å². The quantitative estimate of drug-likeness (QED) is 0.509. The van der Waals surface area contributed by atoms with Crippen molar-refractivity contribution in [2.45, 2.75) is 26.8 Å². The first-order valence-corrected chi connectivity index (χ1v) is 12.0. The third-order valence-electron chi connectivity index (χ3n) is 6.00. The van der Waals surface area contributed by atoms with Crippen LogP contribution in [0.4, 0.5) is 0 Å². The van der Waals surface area contributed by atoms with Gasteiger partial charge in [0.05, 0.1) is 35.6 Å². The van der Waals surface area contributed by atoms with Crippen LogP contribution in [0.15, 0.2) is 57.5 Å². The van der Waals surface area contributed by atoms with Crippen LogP contribution in [0.25, 0.3) is 6.08 Å². The van der Waals surface area contributed by atoms with E-state index in [-0.39, 0.29) is 19.0 Å². The monoisotopic (exact) mass is 492 g/mol. The zero-order chi connectivity index (χ0) is 24.7. The molecule has 180 valence electrons. The van der Waals surface area contributed by atoms with Gasteiger partial charge in [-0.1, -0.05) is 23.5 Å². The number of carbonyl (C=O) groups excluding carboxylic acids is 1. The molecular formula is C26H24N2O6S. The molecule has 1 aromatic heterocycles. The Kier molecular flexibility index (Phi) is 5.94. The molecule has 0 spiro atoms. The Morgan fingerprint density at radius 2 is 1.91 bits per heavy atom. The lowest BCUT2D eigenvalue weighted by atomic mass is 9.96. The molecule has 0 saturated carbocycles. The van der Waals surface area contributed by atoms with E-state index in [1.165, 1.54) is 11.3 Å². The number of fused-ring (bicyclic) bond motifs is 2. The van der Waals surface area contributed by atoms with E-state index in [1.807, 2.05) is 37.3 Å². The predicted molar refractivity (Wildman–Crippen MR) is 131 cm³/mol. The predicted octanol–water partition coefficient (Wildman–Crippen LogP) is 2.84. The summed E-state index contributed by atoms with van der Waals surface area (Å²) in [6.07, 6.45) is 1.83. The first-order valence-electron chi connectivity index (χ1n) is 11.1. The van der Waals surface area contributed by atoms with Gasteiger partial charge in [0.2, 0.25) is 6.79 Å². The van der Waals surface area contributed by atoms with Crippen LogP contribution in [0.2, 0.25) is 0 Å². The van der Waals surface area contributed by atoms with E-state index in [0.29, 0.717) is 37.9 Å². The maximum atomic E-state index is 13.7. The molecule has 2 aromatic carbocycles. The highest BCUT2D eigenvalue weighted by Crippen LogP contribution is 2.35. The molecule has 35 heavy (non-hydrogen) atoms. The Hall–Kier alpha value is -3.85. The first-order chi connectivity index (χ1) is 16.9. The normalized spacial score (nSPS) is 16.7. The topological polar surface area (TPSA) is 88.4 Å². The number of carbonyl (C=O) groups is 1. The largest absolute Gasteiger partial charge is 0.497 e. The summed E-state index contributed by atoms with van der Waals surface area (Å²) < 4.78 is 23.6. The van der Waals surface area contributed by atoms with Crippen molar-refractivity contribution >= 4 is 23.4 Å². The molecule has 1 atom stereocenters. The number of aromatic nitrogens is 1. The van der Waals surface area contributed by atoms with E-state index < -0.39 is 12.0 Å². The van der Waals surface area contributed by atoms with Crippen molar-refractivity contribution in [2.75, 3.05) is 20.5 Å². The second-order valence-corrected chi connectivity index (χ2v) is 9.15. The van der Waals surface area contributed by atoms with Crippen LogP contribution in [0.1, 0.15) is 36.6 Å².